The first-order valence-corrected chi connectivity index (χ1v) is 14.6. The lowest BCUT2D eigenvalue weighted by molar-refractivity contribution is 0.397. The maximum atomic E-state index is 13.8. The maximum Gasteiger partial charge on any atom is 0.295 e. The number of sulfonamides is 1. The Labute approximate surface area is 230 Å². The lowest BCUT2D eigenvalue weighted by atomic mass is 10.1. The summed E-state index contributed by atoms with van der Waals surface area (Å²) in [7, 11) is -0.699. The van der Waals surface area contributed by atoms with Gasteiger partial charge in [-0.2, -0.15) is 0 Å². The maximum absolute atomic E-state index is 13.8. The Bertz CT molecular complexity index is 1750. The first-order valence-electron chi connectivity index (χ1n) is 13.1. The van der Waals surface area contributed by atoms with Crippen molar-refractivity contribution in [3.8, 4) is 17.3 Å². The van der Waals surface area contributed by atoms with Crippen LogP contribution in [0.1, 0.15) is 56.0 Å². The van der Waals surface area contributed by atoms with Crippen molar-refractivity contribution in [3.63, 3.8) is 0 Å². The third-order valence-electron chi connectivity index (χ3n) is 7.38. The normalized spacial score (nSPS) is 16.2. The zero-order valence-corrected chi connectivity index (χ0v) is 23.1. The number of methoxy groups -OCH3 is 1. The van der Waals surface area contributed by atoms with Crippen molar-refractivity contribution in [1.82, 2.24) is 39.2 Å². The number of hydrogen-bond acceptors (Lipinski definition) is 11. The van der Waals surface area contributed by atoms with E-state index in [2.05, 4.69) is 35.0 Å². The van der Waals surface area contributed by atoms with Crippen molar-refractivity contribution in [1.29, 1.82) is 0 Å². The quantitative estimate of drug-likeness (QED) is 0.291. The van der Waals surface area contributed by atoms with Gasteiger partial charge in [-0.3, -0.25) is 14.3 Å². The molecule has 1 unspecified atom stereocenters. The van der Waals surface area contributed by atoms with Gasteiger partial charge in [0.05, 0.1) is 31.2 Å². The molecule has 2 aliphatic carbocycles. The number of nitrogens with one attached hydrogen (secondary N) is 2. The lowest BCUT2D eigenvalue weighted by Crippen LogP contribution is -2.29. The third kappa shape index (κ3) is 4.88. The van der Waals surface area contributed by atoms with Crippen molar-refractivity contribution in [3.05, 3.63) is 52.6 Å². The van der Waals surface area contributed by atoms with Crippen LogP contribution in [0.25, 0.3) is 22.6 Å². The molecule has 0 spiro atoms. The summed E-state index contributed by atoms with van der Waals surface area (Å²) in [5.74, 6) is 1.61. The Balaban J connectivity index is 1.39. The standard InChI is InChI=1S/C26H29N9O4S/c1-14(15-4-5-15)35-24-19(12-30-22(34-24)20-21(16-6-7-16)31-13-32-25(20)39-3)33-23(26(35)36)29-10-17-8-9-18(11-28-17)40(37,38)27-2/h8-9,11-16,27H,4-7,10H2,1-3H3,(H,29,33). The van der Waals surface area contributed by atoms with E-state index in [1.165, 1.54) is 25.6 Å². The van der Waals surface area contributed by atoms with Gasteiger partial charge in [-0.1, -0.05) is 0 Å². The van der Waals surface area contributed by atoms with Crippen LogP contribution in [0.5, 0.6) is 5.88 Å². The van der Waals surface area contributed by atoms with Crippen LogP contribution in [-0.4, -0.2) is 57.0 Å². The predicted octanol–water partition coefficient (Wildman–Crippen LogP) is 2.42. The van der Waals surface area contributed by atoms with E-state index >= 15 is 0 Å². The molecule has 6 rings (SSSR count). The molecule has 0 radical (unpaired) electrons. The molecular formula is C26H29N9O4S. The van der Waals surface area contributed by atoms with E-state index in [1.807, 2.05) is 6.92 Å². The lowest BCUT2D eigenvalue weighted by Gasteiger charge is -2.19. The first-order chi connectivity index (χ1) is 19.3. The minimum Gasteiger partial charge on any atom is -0.480 e. The van der Waals surface area contributed by atoms with E-state index in [-0.39, 0.29) is 28.9 Å². The molecule has 0 bridgehead atoms. The van der Waals surface area contributed by atoms with E-state index in [4.69, 9.17) is 9.72 Å². The third-order valence-corrected chi connectivity index (χ3v) is 8.78. The van der Waals surface area contributed by atoms with Crippen molar-refractivity contribution in [2.75, 3.05) is 19.5 Å². The highest BCUT2D eigenvalue weighted by molar-refractivity contribution is 7.89. The fourth-order valence-electron chi connectivity index (χ4n) is 4.78. The summed E-state index contributed by atoms with van der Waals surface area (Å²) in [6, 6.07) is 2.96. The van der Waals surface area contributed by atoms with Gasteiger partial charge in [0.15, 0.2) is 17.3 Å². The molecule has 13 nitrogen and oxygen atoms in total. The molecule has 208 valence electrons. The van der Waals surface area contributed by atoms with Crippen LogP contribution in [-0.2, 0) is 16.6 Å². The molecule has 4 aromatic heterocycles. The Morgan fingerprint density at radius 1 is 1.07 bits per heavy atom. The van der Waals surface area contributed by atoms with Crippen molar-refractivity contribution in [2.24, 2.45) is 5.92 Å². The average Bonchev–Trinajstić information content (AvgIpc) is 3.89. The molecule has 0 aliphatic heterocycles. The molecule has 0 saturated heterocycles. The number of aromatic nitrogens is 7. The Hall–Kier alpha value is -4.04. The van der Waals surface area contributed by atoms with Crippen LogP contribution < -0.4 is 20.3 Å². The van der Waals surface area contributed by atoms with Gasteiger partial charge in [0.25, 0.3) is 5.56 Å². The van der Waals surface area contributed by atoms with Gasteiger partial charge in [-0.05, 0) is 57.7 Å². The summed E-state index contributed by atoms with van der Waals surface area (Å²) in [6.07, 6.45) is 8.51. The SMILES string of the molecule is CNS(=O)(=O)c1ccc(CNc2nc3cnc(-c4c(OC)ncnc4C4CC4)nc3n(C(C)C3CC3)c2=O)nc1. The zero-order chi connectivity index (χ0) is 28.0. The van der Waals surface area contributed by atoms with Gasteiger partial charge in [-0.15, -0.1) is 0 Å². The van der Waals surface area contributed by atoms with E-state index in [0.29, 0.717) is 46.0 Å². The minimum atomic E-state index is -3.59. The second kappa shape index (κ2) is 10.2. The van der Waals surface area contributed by atoms with Crippen molar-refractivity contribution in [2.45, 2.75) is 56.0 Å². The Morgan fingerprint density at radius 2 is 1.88 bits per heavy atom. The molecule has 2 N–H and O–H groups in total. The summed E-state index contributed by atoms with van der Waals surface area (Å²) in [5, 5.41) is 3.08. The van der Waals surface area contributed by atoms with Crippen molar-refractivity contribution >= 4 is 27.0 Å². The summed E-state index contributed by atoms with van der Waals surface area (Å²) >= 11 is 0. The number of nitrogens with zero attached hydrogens (tertiary/aromatic N) is 7. The monoisotopic (exact) mass is 563 g/mol. The highest BCUT2D eigenvalue weighted by atomic mass is 32.2. The molecule has 2 aliphatic rings. The van der Waals surface area contributed by atoms with Gasteiger partial charge >= 0.3 is 0 Å². The van der Waals surface area contributed by atoms with E-state index < -0.39 is 10.0 Å². The predicted molar refractivity (Wildman–Crippen MR) is 146 cm³/mol. The Kier molecular flexibility index (Phi) is 6.66. The van der Waals surface area contributed by atoms with Gasteiger partial charge in [-0.25, -0.2) is 38.1 Å². The van der Waals surface area contributed by atoms with Gasteiger partial charge in [0.2, 0.25) is 15.9 Å². The molecule has 4 heterocycles. The molecule has 1 atom stereocenters. The number of fused-ring (bicyclic) bond motifs is 1. The number of pyridine rings is 1. The fraction of sp³-hybridized carbons (Fsp3) is 0.423. The highest BCUT2D eigenvalue weighted by Crippen LogP contribution is 2.45. The Morgan fingerprint density at radius 3 is 2.52 bits per heavy atom. The van der Waals surface area contributed by atoms with Crippen LogP contribution >= 0.6 is 0 Å². The van der Waals surface area contributed by atoms with Crippen LogP contribution in [0.2, 0.25) is 0 Å². The number of ether oxygens (including phenoxy) is 1. The second-order valence-electron chi connectivity index (χ2n) is 10.1. The summed E-state index contributed by atoms with van der Waals surface area (Å²) in [5.41, 5.74) is 2.64. The topological polar surface area (TPSA) is 167 Å². The zero-order valence-electron chi connectivity index (χ0n) is 22.3. The second-order valence-corrected chi connectivity index (χ2v) is 12.0. The molecule has 2 saturated carbocycles. The summed E-state index contributed by atoms with van der Waals surface area (Å²) in [6.45, 7) is 2.20. The molecule has 40 heavy (non-hydrogen) atoms. The molecule has 2 fully saturated rings. The van der Waals surface area contributed by atoms with Crippen LogP contribution in [0.4, 0.5) is 5.82 Å². The average molecular weight is 564 g/mol. The largest absolute Gasteiger partial charge is 0.480 e. The van der Waals surface area contributed by atoms with Crippen LogP contribution in [0, 0.1) is 5.92 Å². The van der Waals surface area contributed by atoms with Crippen LogP contribution in [0.3, 0.4) is 0 Å². The van der Waals surface area contributed by atoms with Gasteiger partial charge in [0.1, 0.15) is 22.3 Å². The van der Waals surface area contributed by atoms with E-state index in [0.717, 1.165) is 31.4 Å². The van der Waals surface area contributed by atoms with Gasteiger partial charge in [0, 0.05) is 18.2 Å². The summed E-state index contributed by atoms with van der Waals surface area (Å²) in [4.78, 5) is 40.8. The molecular weight excluding hydrogens is 534 g/mol. The minimum absolute atomic E-state index is 0.0569. The first kappa shape index (κ1) is 26.2. The van der Waals surface area contributed by atoms with Crippen LogP contribution in [0.15, 0.2) is 40.5 Å². The van der Waals surface area contributed by atoms with E-state index in [1.54, 1.807) is 23.9 Å². The van der Waals surface area contributed by atoms with Gasteiger partial charge < -0.3 is 10.1 Å². The number of hydrogen-bond donors (Lipinski definition) is 2. The summed E-state index contributed by atoms with van der Waals surface area (Å²) < 4.78 is 33.4. The smallest absolute Gasteiger partial charge is 0.295 e. The van der Waals surface area contributed by atoms with E-state index in [9.17, 15) is 13.2 Å². The number of anilines is 1. The molecule has 4 aromatic rings. The number of rotatable bonds is 10. The molecule has 0 aromatic carbocycles. The van der Waals surface area contributed by atoms with Crippen molar-refractivity contribution < 1.29 is 13.2 Å². The fourth-order valence-corrected chi connectivity index (χ4v) is 5.46. The molecule has 14 heteroatoms. The highest BCUT2D eigenvalue weighted by Gasteiger charge is 2.34. The molecule has 0 amide bonds.